The molecule has 0 saturated carbocycles. The Hall–Kier alpha value is -2.77. The molecular weight excluding hydrogens is 398 g/mol. The van der Waals surface area contributed by atoms with Crippen molar-refractivity contribution in [3.8, 4) is 5.75 Å². The van der Waals surface area contributed by atoms with Gasteiger partial charge in [-0.3, -0.25) is 9.59 Å². The minimum absolute atomic E-state index is 0.0148. The van der Waals surface area contributed by atoms with E-state index >= 15 is 0 Å². The van der Waals surface area contributed by atoms with Gasteiger partial charge in [0, 0.05) is 32.1 Å². The zero-order chi connectivity index (χ0) is 23.0. The summed E-state index contributed by atoms with van der Waals surface area (Å²) in [5.41, 5.74) is 1.58. The molecule has 0 aliphatic carbocycles. The van der Waals surface area contributed by atoms with Crippen molar-refractivity contribution in [1.29, 1.82) is 0 Å². The molecule has 2 rings (SSSR count). The molecule has 31 heavy (non-hydrogen) atoms. The molecule has 172 valence electrons. The van der Waals surface area contributed by atoms with E-state index in [2.05, 4.69) is 10.6 Å². The van der Waals surface area contributed by atoms with Gasteiger partial charge in [0.1, 0.15) is 11.4 Å². The van der Waals surface area contributed by atoms with Gasteiger partial charge in [-0.25, -0.2) is 4.79 Å². The summed E-state index contributed by atoms with van der Waals surface area (Å²) >= 11 is 0. The average molecular weight is 434 g/mol. The molecule has 1 heterocycles. The summed E-state index contributed by atoms with van der Waals surface area (Å²) in [7, 11) is 0. The highest BCUT2D eigenvalue weighted by molar-refractivity contribution is 5.78. The maximum absolute atomic E-state index is 12.3. The highest BCUT2D eigenvalue weighted by atomic mass is 16.6. The van der Waals surface area contributed by atoms with E-state index in [-0.39, 0.29) is 37.4 Å². The predicted octanol–water partition coefficient (Wildman–Crippen LogP) is 2.70. The molecule has 2 N–H and O–H groups in total. The van der Waals surface area contributed by atoms with Crippen LogP contribution in [-0.4, -0.2) is 60.7 Å². The van der Waals surface area contributed by atoms with Crippen molar-refractivity contribution >= 4 is 17.9 Å². The van der Waals surface area contributed by atoms with Crippen LogP contribution < -0.4 is 15.4 Å². The number of likely N-dealkylation sites (tertiary alicyclic amines) is 1. The molecule has 0 aromatic heterocycles. The van der Waals surface area contributed by atoms with Crippen LogP contribution >= 0.6 is 0 Å². The maximum atomic E-state index is 12.3. The van der Waals surface area contributed by atoms with Gasteiger partial charge in [-0.2, -0.15) is 0 Å². The quantitative estimate of drug-likeness (QED) is 0.689. The fraction of sp³-hybridized carbons (Fsp3) is 0.609. The number of amides is 3. The summed E-state index contributed by atoms with van der Waals surface area (Å²) in [6, 6.07) is 5.87. The molecule has 0 atom stereocenters. The van der Waals surface area contributed by atoms with Crippen molar-refractivity contribution in [2.24, 2.45) is 0 Å². The van der Waals surface area contributed by atoms with Crippen LogP contribution in [0.1, 0.15) is 51.2 Å². The number of piperidine rings is 1. The molecule has 0 bridgehead atoms. The summed E-state index contributed by atoms with van der Waals surface area (Å²) in [5, 5.41) is 5.58. The summed E-state index contributed by atoms with van der Waals surface area (Å²) in [5.74, 6) is 0.534. The number of benzene rings is 1. The molecule has 1 aromatic rings. The SMILES string of the molecule is Cc1ccc(OCC(=O)NC2CCN(C(=O)CCNC(=O)OC(C)(C)C)CC2)c(C)c1. The summed E-state index contributed by atoms with van der Waals surface area (Å²) in [6.07, 6.45) is 1.09. The first kappa shape index (κ1) is 24.5. The first-order valence-electron chi connectivity index (χ1n) is 10.8. The average Bonchev–Trinajstić information content (AvgIpc) is 2.66. The number of carbonyl (C=O) groups is 3. The van der Waals surface area contributed by atoms with Crippen molar-refractivity contribution in [3.05, 3.63) is 29.3 Å². The summed E-state index contributed by atoms with van der Waals surface area (Å²) in [6.45, 7) is 10.7. The Morgan fingerprint density at radius 1 is 1.13 bits per heavy atom. The Morgan fingerprint density at radius 2 is 1.81 bits per heavy atom. The third-order valence-corrected chi connectivity index (χ3v) is 4.91. The topological polar surface area (TPSA) is 97.0 Å². The molecule has 3 amide bonds. The molecule has 1 aliphatic rings. The van der Waals surface area contributed by atoms with E-state index in [1.54, 1.807) is 25.7 Å². The standard InChI is InChI=1S/C23H35N3O5/c1-16-6-7-19(17(2)14-16)30-15-20(27)25-18-9-12-26(13-10-18)21(28)8-11-24-22(29)31-23(3,4)5/h6-7,14,18H,8-13,15H2,1-5H3,(H,24,29)(H,25,27). The molecular formula is C23H35N3O5. The van der Waals surface area contributed by atoms with Crippen LogP contribution in [0.5, 0.6) is 5.75 Å². The normalized spacial score (nSPS) is 14.7. The number of carbonyl (C=O) groups excluding carboxylic acids is 3. The van der Waals surface area contributed by atoms with Gasteiger partial charge in [0.2, 0.25) is 5.91 Å². The number of hydrogen-bond donors (Lipinski definition) is 2. The van der Waals surface area contributed by atoms with Crippen molar-refractivity contribution in [2.45, 2.75) is 65.5 Å². The molecule has 0 radical (unpaired) electrons. The molecule has 8 heteroatoms. The van der Waals surface area contributed by atoms with Gasteiger partial charge in [0.25, 0.3) is 5.91 Å². The van der Waals surface area contributed by atoms with E-state index in [0.717, 1.165) is 11.1 Å². The lowest BCUT2D eigenvalue weighted by Crippen LogP contribution is -2.48. The molecule has 0 spiro atoms. The number of rotatable bonds is 7. The van der Waals surface area contributed by atoms with Gasteiger partial charge in [-0.05, 0) is 59.1 Å². The number of aryl methyl sites for hydroxylation is 2. The van der Waals surface area contributed by atoms with Gasteiger partial charge in [-0.15, -0.1) is 0 Å². The maximum Gasteiger partial charge on any atom is 0.407 e. The highest BCUT2D eigenvalue weighted by Gasteiger charge is 2.24. The third kappa shape index (κ3) is 8.86. The van der Waals surface area contributed by atoms with Gasteiger partial charge >= 0.3 is 6.09 Å². The minimum Gasteiger partial charge on any atom is -0.484 e. The zero-order valence-corrected chi connectivity index (χ0v) is 19.2. The smallest absolute Gasteiger partial charge is 0.407 e. The number of alkyl carbamates (subject to hydrolysis) is 1. The second-order valence-corrected chi connectivity index (χ2v) is 8.96. The van der Waals surface area contributed by atoms with Crippen LogP contribution in [0.4, 0.5) is 4.79 Å². The molecule has 1 fully saturated rings. The first-order valence-corrected chi connectivity index (χ1v) is 10.8. The Labute approximate surface area is 184 Å². The molecule has 1 saturated heterocycles. The van der Waals surface area contributed by atoms with Crippen LogP contribution in [-0.2, 0) is 14.3 Å². The molecule has 1 aromatic carbocycles. The van der Waals surface area contributed by atoms with Gasteiger partial charge in [0.05, 0.1) is 0 Å². The van der Waals surface area contributed by atoms with Gasteiger partial charge < -0.3 is 25.0 Å². The summed E-state index contributed by atoms with van der Waals surface area (Å²) < 4.78 is 10.8. The number of nitrogens with one attached hydrogen (secondary N) is 2. The Morgan fingerprint density at radius 3 is 2.42 bits per heavy atom. The van der Waals surface area contributed by atoms with E-state index in [9.17, 15) is 14.4 Å². The monoisotopic (exact) mass is 433 g/mol. The van der Waals surface area contributed by atoms with Crippen molar-refractivity contribution in [1.82, 2.24) is 15.5 Å². The van der Waals surface area contributed by atoms with Crippen LogP contribution in [0, 0.1) is 13.8 Å². The Balaban J connectivity index is 1.64. The number of nitrogens with zero attached hydrogens (tertiary/aromatic N) is 1. The van der Waals surface area contributed by atoms with E-state index < -0.39 is 11.7 Å². The summed E-state index contributed by atoms with van der Waals surface area (Å²) in [4.78, 5) is 37.9. The highest BCUT2D eigenvalue weighted by Crippen LogP contribution is 2.18. The van der Waals surface area contributed by atoms with E-state index in [1.165, 1.54) is 0 Å². The van der Waals surface area contributed by atoms with Gasteiger partial charge in [0.15, 0.2) is 6.61 Å². The lowest BCUT2D eigenvalue weighted by molar-refractivity contribution is -0.132. The second-order valence-electron chi connectivity index (χ2n) is 8.96. The first-order chi connectivity index (χ1) is 14.5. The van der Waals surface area contributed by atoms with Crippen molar-refractivity contribution in [3.63, 3.8) is 0 Å². The number of hydrogen-bond acceptors (Lipinski definition) is 5. The predicted molar refractivity (Wildman–Crippen MR) is 118 cm³/mol. The zero-order valence-electron chi connectivity index (χ0n) is 19.2. The number of ether oxygens (including phenoxy) is 2. The largest absolute Gasteiger partial charge is 0.484 e. The minimum atomic E-state index is -0.565. The second kappa shape index (κ2) is 11.0. The Bertz CT molecular complexity index is 780. The fourth-order valence-electron chi connectivity index (χ4n) is 3.39. The Kier molecular flexibility index (Phi) is 8.71. The lowest BCUT2D eigenvalue weighted by atomic mass is 10.0. The molecule has 1 aliphatic heterocycles. The fourth-order valence-corrected chi connectivity index (χ4v) is 3.39. The van der Waals surface area contributed by atoms with E-state index in [0.29, 0.717) is 31.7 Å². The van der Waals surface area contributed by atoms with Crippen LogP contribution in [0.3, 0.4) is 0 Å². The van der Waals surface area contributed by atoms with Crippen LogP contribution in [0.2, 0.25) is 0 Å². The van der Waals surface area contributed by atoms with E-state index in [1.807, 2.05) is 32.0 Å². The van der Waals surface area contributed by atoms with Gasteiger partial charge in [-0.1, -0.05) is 17.7 Å². The van der Waals surface area contributed by atoms with Crippen molar-refractivity contribution in [2.75, 3.05) is 26.2 Å². The lowest BCUT2D eigenvalue weighted by Gasteiger charge is -2.32. The molecule has 8 nitrogen and oxygen atoms in total. The third-order valence-electron chi connectivity index (χ3n) is 4.91. The van der Waals surface area contributed by atoms with Crippen LogP contribution in [0.25, 0.3) is 0 Å². The van der Waals surface area contributed by atoms with Crippen molar-refractivity contribution < 1.29 is 23.9 Å². The van der Waals surface area contributed by atoms with E-state index in [4.69, 9.17) is 9.47 Å². The molecule has 0 unspecified atom stereocenters. The van der Waals surface area contributed by atoms with Crippen LogP contribution in [0.15, 0.2) is 18.2 Å².